The third-order valence-corrected chi connectivity index (χ3v) is 4.83. The van der Waals surface area contributed by atoms with Gasteiger partial charge in [-0.1, -0.05) is 0 Å². The van der Waals surface area contributed by atoms with Crippen LogP contribution in [-0.4, -0.2) is 63.1 Å². The molecule has 1 N–H and O–H groups in total. The molecular formula is C18H24N4O3. The molecule has 7 heteroatoms. The largest absolute Gasteiger partial charge is 0.378 e. The SMILES string of the molecule is Cn1ccc(-c2cc(C(=O)N3CC(C)(C)OC4(CCOC4)C3)[nH]n2)c1. The molecule has 0 saturated carbocycles. The Morgan fingerprint density at radius 1 is 1.36 bits per heavy atom. The fourth-order valence-corrected chi connectivity index (χ4v) is 3.86. The maximum atomic E-state index is 13.0. The molecule has 7 nitrogen and oxygen atoms in total. The smallest absolute Gasteiger partial charge is 0.272 e. The Hall–Kier alpha value is -2.12. The molecule has 1 atom stereocenters. The van der Waals surface area contributed by atoms with Crippen molar-refractivity contribution in [3.63, 3.8) is 0 Å². The lowest BCUT2D eigenvalue weighted by Crippen LogP contribution is -2.61. The van der Waals surface area contributed by atoms with E-state index in [1.54, 1.807) is 0 Å². The first-order valence-corrected chi connectivity index (χ1v) is 8.61. The normalized spacial score (nSPS) is 25.6. The Bertz CT molecular complexity index is 786. The van der Waals surface area contributed by atoms with Gasteiger partial charge in [0.1, 0.15) is 11.3 Å². The molecule has 4 heterocycles. The molecule has 2 fully saturated rings. The molecule has 4 rings (SSSR count). The van der Waals surface area contributed by atoms with Crippen molar-refractivity contribution in [2.45, 2.75) is 31.5 Å². The van der Waals surface area contributed by atoms with Gasteiger partial charge in [0.15, 0.2) is 0 Å². The number of hydrogen-bond acceptors (Lipinski definition) is 4. The highest BCUT2D eigenvalue weighted by molar-refractivity contribution is 5.93. The second-order valence-electron chi connectivity index (χ2n) is 7.74. The van der Waals surface area contributed by atoms with E-state index >= 15 is 0 Å². The summed E-state index contributed by atoms with van der Waals surface area (Å²) in [5.41, 5.74) is 1.48. The summed E-state index contributed by atoms with van der Waals surface area (Å²) >= 11 is 0. The van der Waals surface area contributed by atoms with Crippen LogP contribution in [0, 0.1) is 0 Å². The zero-order valence-electron chi connectivity index (χ0n) is 14.9. The Balaban J connectivity index is 1.57. The lowest BCUT2D eigenvalue weighted by atomic mass is 9.94. The lowest BCUT2D eigenvalue weighted by molar-refractivity contribution is -0.186. The topological polar surface area (TPSA) is 72.4 Å². The van der Waals surface area contributed by atoms with Crippen LogP contribution in [0.25, 0.3) is 11.3 Å². The van der Waals surface area contributed by atoms with Crippen molar-refractivity contribution >= 4 is 5.91 Å². The van der Waals surface area contributed by atoms with E-state index in [9.17, 15) is 4.79 Å². The molecule has 1 unspecified atom stereocenters. The maximum absolute atomic E-state index is 13.0. The van der Waals surface area contributed by atoms with E-state index in [4.69, 9.17) is 9.47 Å². The number of nitrogens with one attached hydrogen (secondary N) is 1. The van der Waals surface area contributed by atoms with Crippen LogP contribution in [0.5, 0.6) is 0 Å². The molecule has 0 bridgehead atoms. The number of nitrogens with zero attached hydrogens (tertiary/aromatic N) is 3. The van der Waals surface area contributed by atoms with E-state index in [1.807, 2.05) is 54.9 Å². The van der Waals surface area contributed by atoms with Crippen LogP contribution in [0.4, 0.5) is 0 Å². The number of carbonyl (C=O) groups is 1. The summed E-state index contributed by atoms with van der Waals surface area (Å²) in [6, 6.07) is 3.80. The third-order valence-electron chi connectivity index (χ3n) is 4.83. The van der Waals surface area contributed by atoms with Crippen molar-refractivity contribution in [3.05, 3.63) is 30.2 Å². The Morgan fingerprint density at radius 3 is 2.88 bits per heavy atom. The van der Waals surface area contributed by atoms with Crippen molar-refractivity contribution in [1.82, 2.24) is 19.7 Å². The van der Waals surface area contributed by atoms with Crippen LogP contribution < -0.4 is 0 Å². The number of ether oxygens (including phenoxy) is 2. The quantitative estimate of drug-likeness (QED) is 0.902. The van der Waals surface area contributed by atoms with Gasteiger partial charge >= 0.3 is 0 Å². The van der Waals surface area contributed by atoms with E-state index in [0.717, 1.165) is 17.7 Å². The molecule has 2 aliphatic rings. The lowest BCUT2D eigenvalue weighted by Gasteiger charge is -2.47. The molecule has 1 spiro atoms. The average molecular weight is 344 g/mol. The molecule has 1 amide bonds. The minimum atomic E-state index is -0.399. The summed E-state index contributed by atoms with van der Waals surface area (Å²) in [5.74, 6) is -0.0441. The number of carbonyl (C=O) groups excluding carboxylic acids is 1. The highest BCUT2D eigenvalue weighted by atomic mass is 16.6. The molecule has 0 radical (unpaired) electrons. The van der Waals surface area contributed by atoms with Crippen LogP contribution in [-0.2, 0) is 16.5 Å². The van der Waals surface area contributed by atoms with E-state index in [-0.39, 0.29) is 11.5 Å². The predicted molar refractivity (Wildman–Crippen MR) is 92.2 cm³/mol. The van der Waals surface area contributed by atoms with Gasteiger partial charge in [0, 0.05) is 44.6 Å². The summed E-state index contributed by atoms with van der Waals surface area (Å²) in [7, 11) is 1.96. The van der Waals surface area contributed by atoms with Gasteiger partial charge in [0.2, 0.25) is 0 Å². The standard InChI is InChI=1S/C18H24N4O3/c1-17(2)10-22(11-18(25-17)5-7-24-12-18)16(23)15-8-14(19-20-15)13-4-6-21(3)9-13/h4,6,8-9H,5,7,10-12H2,1-3H3,(H,19,20). The van der Waals surface area contributed by atoms with Crippen LogP contribution in [0.2, 0.25) is 0 Å². The van der Waals surface area contributed by atoms with Gasteiger partial charge in [0.05, 0.1) is 24.4 Å². The first-order valence-electron chi connectivity index (χ1n) is 8.61. The molecule has 0 aliphatic carbocycles. The van der Waals surface area contributed by atoms with Gasteiger partial charge in [-0.15, -0.1) is 0 Å². The molecule has 2 saturated heterocycles. The number of aryl methyl sites for hydroxylation is 1. The molecule has 0 aromatic carbocycles. The van der Waals surface area contributed by atoms with Gasteiger partial charge in [-0.3, -0.25) is 9.89 Å². The van der Waals surface area contributed by atoms with E-state index in [0.29, 0.717) is 32.0 Å². The van der Waals surface area contributed by atoms with E-state index in [2.05, 4.69) is 10.2 Å². The molecular weight excluding hydrogens is 320 g/mol. The summed E-state index contributed by atoms with van der Waals surface area (Å²) in [5, 5.41) is 7.19. The minimum absolute atomic E-state index is 0.0441. The Kier molecular flexibility index (Phi) is 3.73. The Labute approximate surface area is 146 Å². The molecule has 2 aromatic rings. The predicted octanol–water partition coefficient (Wildman–Crippen LogP) is 1.83. The number of amides is 1. The Morgan fingerprint density at radius 2 is 2.20 bits per heavy atom. The molecule has 2 aromatic heterocycles. The number of hydrogen-bond donors (Lipinski definition) is 1. The fraction of sp³-hybridized carbons (Fsp3) is 0.556. The van der Waals surface area contributed by atoms with Crippen LogP contribution in [0.3, 0.4) is 0 Å². The van der Waals surface area contributed by atoms with Crippen molar-refractivity contribution in [2.24, 2.45) is 7.05 Å². The zero-order valence-corrected chi connectivity index (χ0v) is 14.9. The summed E-state index contributed by atoms with van der Waals surface area (Å²) in [4.78, 5) is 14.9. The minimum Gasteiger partial charge on any atom is -0.378 e. The summed E-state index contributed by atoms with van der Waals surface area (Å²) in [6.07, 6.45) is 4.76. The number of morpholine rings is 1. The van der Waals surface area contributed by atoms with Crippen molar-refractivity contribution < 1.29 is 14.3 Å². The van der Waals surface area contributed by atoms with Gasteiger partial charge in [-0.05, 0) is 26.0 Å². The van der Waals surface area contributed by atoms with E-state index in [1.165, 1.54) is 0 Å². The van der Waals surface area contributed by atoms with E-state index < -0.39 is 5.60 Å². The van der Waals surface area contributed by atoms with Gasteiger partial charge in [-0.25, -0.2) is 0 Å². The molecule has 25 heavy (non-hydrogen) atoms. The first-order chi connectivity index (χ1) is 11.9. The van der Waals surface area contributed by atoms with Crippen LogP contribution in [0.15, 0.2) is 24.5 Å². The molecule has 2 aliphatic heterocycles. The molecule has 134 valence electrons. The third kappa shape index (κ3) is 3.09. The van der Waals surface area contributed by atoms with Gasteiger partial charge in [0.25, 0.3) is 5.91 Å². The van der Waals surface area contributed by atoms with Crippen LogP contribution >= 0.6 is 0 Å². The van der Waals surface area contributed by atoms with Crippen LogP contribution in [0.1, 0.15) is 30.8 Å². The number of rotatable bonds is 2. The highest BCUT2D eigenvalue weighted by Gasteiger charge is 2.48. The number of H-pyrrole nitrogens is 1. The van der Waals surface area contributed by atoms with Crippen molar-refractivity contribution in [1.29, 1.82) is 0 Å². The number of aromatic nitrogens is 3. The summed E-state index contributed by atoms with van der Waals surface area (Å²) < 4.78 is 13.8. The van der Waals surface area contributed by atoms with Gasteiger partial charge < -0.3 is 18.9 Å². The van der Waals surface area contributed by atoms with Gasteiger partial charge in [-0.2, -0.15) is 5.10 Å². The van der Waals surface area contributed by atoms with Crippen molar-refractivity contribution in [3.8, 4) is 11.3 Å². The monoisotopic (exact) mass is 344 g/mol. The van der Waals surface area contributed by atoms with Crippen molar-refractivity contribution in [2.75, 3.05) is 26.3 Å². The zero-order chi connectivity index (χ0) is 17.7. The second-order valence-corrected chi connectivity index (χ2v) is 7.74. The maximum Gasteiger partial charge on any atom is 0.272 e. The first kappa shape index (κ1) is 16.4. The number of aromatic amines is 1. The highest BCUT2D eigenvalue weighted by Crippen LogP contribution is 2.35. The average Bonchev–Trinajstić information content (AvgIpc) is 3.25. The fourth-order valence-electron chi connectivity index (χ4n) is 3.86. The summed E-state index contributed by atoms with van der Waals surface area (Å²) in [6.45, 7) is 6.37. The second kappa shape index (κ2) is 5.71.